The Hall–Kier alpha value is -0.900. The van der Waals surface area contributed by atoms with Gasteiger partial charge in [0.2, 0.25) is 0 Å². The van der Waals surface area contributed by atoms with Gasteiger partial charge in [-0.15, -0.1) is 0 Å². The fourth-order valence-corrected chi connectivity index (χ4v) is 0. The number of nitrogens with one attached hydrogen (secondary N) is 2. The van der Waals surface area contributed by atoms with Gasteiger partial charge >= 0.3 is 10.3 Å². The van der Waals surface area contributed by atoms with Gasteiger partial charge in [-0.05, 0) is 0 Å². The number of hydrogen-bond acceptors (Lipinski definition) is 4. The second kappa shape index (κ2) is 4.93. The molecule has 0 fully saturated rings. The summed E-state index contributed by atoms with van der Waals surface area (Å²) in [6.45, 7) is 0. The fourth-order valence-electron chi connectivity index (χ4n) is 0. The van der Waals surface area contributed by atoms with Crippen molar-refractivity contribution in [3.05, 3.63) is 0 Å². The lowest BCUT2D eigenvalue weighted by atomic mass is 11.1. The highest BCUT2D eigenvalue weighted by atomic mass is 32.2. The van der Waals surface area contributed by atoms with Gasteiger partial charge in [-0.3, -0.25) is 15.4 Å². The fraction of sp³-hybridized carbons (Fsp3) is 0. The maximum atomic E-state index is 8.97. The Labute approximate surface area is 57.7 Å². The molecule has 0 atom stereocenters. The predicted octanol–water partition coefficient (Wildman–Crippen LogP) is -2.91. The van der Waals surface area contributed by atoms with Gasteiger partial charge < -0.3 is 5.73 Å². The van der Waals surface area contributed by atoms with E-state index in [0.29, 0.717) is 0 Å². The maximum Gasteiger partial charge on any atom is 0.330 e. The van der Waals surface area contributed by atoms with Crippen LogP contribution in [0.3, 0.4) is 0 Å². The van der Waals surface area contributed by atoms with E-state index < -0.39 is 10.3 Å². The molecule has 0 aliphatic carbocycles. The minimum absolute atomic E-state index is 0.218. The molecule has 10 heavy (non-hydrogen) atoms. The first kappa shape index (κ1) is 11.8. The molecule has 0 spiro atoms. The van der Waals surface area contributed by atoms with Crippen LogP contribution in [0, 0.1) is 5.41 Å². The first-order valence-electron chi connectivity index (χ1n) is 1.83. The molecule has 0 unspecified atom stereocenters. The minimum atomic E-state index is -4.17. The summed E-state index contributed by atoms with van der Waals surface area (Å²) in [5, 5.41) is 10.2. The van der Waals surface area contributed by atoms with Crippen LogP contribution in [-0.2, 0) is 10.3 Å². The molecular weight excluding hydrogens is 162 g/mol. The van der Waals surface area contributed by atoms with Crippen LogP contribution in [0.4, 0.5) is 0 Å². The molecule has 0 saturated heterocycles. The lowest BCUT2D eigenvalue weighted by Gasteiger charge is -1.85. The average Bonchev–Trinajstić information content (AvgIpc) is 1.61. The van der Waals surface area contributed by atoms with Crippen molar-refractivity contribution in [2.24, 2.45) is 16.7 Å². The summed E-state index contributed by atoms with van der Waals surface area (Å²) in [7, 11) is -4.17. The van der Waals surface area contributed by atoms with E-state index >= 15 is 0 Å². The van der Waals surface area contributed by atoms with Crippen LogP contribution in [0.2, 0.25) is 0 Å². The Morgan fingerprint density at radius 2 is 1.70 bits per heavy atom. The largest absolute Gasteiger partial charge is 0.369 e. The molecule has 9 heteroatoms. The molecule has 8 nitrogen and oxygen atoms in total. The molecule has 0 aromatic rings. The van der Waals surface area contributed by atoms with Crippen LogP contribution in [-0.4, -0.2) is 18.9 Å². The Kier molecular flexibility index (Phi) is 5.84. The number of nitrogens with two attached hydrogens (primary N) is 3. The Balaban J connectivity index is 0. The maximum absolute atomic E-state index is 8.97. The molecule has 62 valence electrons. The van der Waals surface area contributed by atoms with Crippen LogP contribution in [0.25, 0.3) is 0 Å². The zero-order chi connectivity index (χ0) is 8.78. The van der Waals surface area contributed by atoms with Gasteiger partial charge in [0.25, 0.3) is 0 Å². The van der Waals surface area contributed by atoms with Crippen LogP contribution in [0.15, 0.2) is 0 Å². The predicted molar refractivity (Wildman–Crippen MR) is 35.0 cm³/mol. The second-order valence-electron chi connectivity index (χ2n) is 1.07. The van der Waals surface area contributed by atoms with E-state index in [-0.39, 0.29) is 5.96 Å². The summed E-state index contributed by atoms with van der Waals surface area (Å²) in [5.41, 5.74) is 6.53. The number of hydrogen-bond donors (Lipinski definition) is 6. The highest BCUT2D eigenvalue weighted by Gasteiger charge is 1.81. The van der Waals surface area contributed by atoms with E-state index in [1.165, 1.54) is 0 Å². The Morgan fingerprint density at radius 3 is 1.70 bits per heavy atom. The van der Waals surface area contributed by atoms with Crippen molar-refractivity contribution in [1.29, 1.82) is 5.41 Å². The summed E-state index contributed by atoms with van der Waals surface area (Å²) < 4.78 is 25.2. The number of guanidine groups is 1. The monoisotopic (exact) mass is 171 g/mol. The lowest BCUT2D eigenvalue weighted by Crippen LogP contribution is -2.35. The van der Waals surface area contributed by atoms with Gasteiger partial charge in [0, 0.05) is 0 Å². The first-order chi connectivity index (χ1) is 4.27. The molecule has 0 amide bonds. The van der Waals surface area contributed by atoms with Crippen LogP contribution < -0.4 is 22.1 Å². The summed E-state index contributed by atoms with van der Waals surface area (Å²) in [4.78, 5) is 0. The zero-order valence-corrected chi connectivity index (χ0v) is 5.72. The molecular formula is CH9N5O3S. The van der Waals surface area contributed by atoms with Crippen LogP contribution in [0.1, 0.15) is 0 Å². The van der Waals surface area contributed by atoms with Gasteiger partial charge in [-0.2, -0.15) is 8.42 Å². The molecule has 0 aromatic heterocycles. The molecule has 0 saturated carbocycles. The van der Waals surface area contributed by atoms with Gasteiger partial charge in [-0.1, -0.05) is 0 Å². The molecule has 0 radical (unpaired) electrons. The first-order valence-corrected chi connectivity index (χ1v) is 3.33. The third-order valence-corrected chi connectivity index (χ3v) is 0.156. The van der Waals surface area contributed by atoms with Gasteiger partial charge in [0.1, 0.15) is 0 Å². The molecule has 0 aliphatic heterocycles. The van der Waals surface area contributed by atoms with Gasteiger partial charge in [0.05, 0.1) is 0 Å². The smallest absolute Gasteiger partial charge is 0.330 e. The van der Waals surface area contributed by atoms with Crippen molar-refractivity contribution in [2.45, 2.75) is 0 Å². The van der Waals surface area contributed by atoms with E-state index in [4.69, 9.17) is 18.4 Å². The van der Waals surface area contributed by atoms with E-state index in [1.807, 2.05) is 5.43 Å². The summed E-state index contributed by atoms with van der Waals surface area (Å²) in [6, 6.07) is 0. The van der Waals surface area contributed by atoms with Crippen molar-refractivity contribution in [3.8, 4) is 0 Å². The SMILES string of the molecule is N=C(N)NN.NS(=O)(=O)O. The minimum Gasteiger partial charge on any atom is -0.369 e. The quantitative estimate of drug-likeness (QED) is 0.0750. The topological polar surface area (TPSA) is 168 Å². The molecule has 0 bridgehead atoms. The summed E-state index contributed by atoms with van der Waals surface area (Å²) >= 11 is 0. The van der Waals surface area contributed by atoms with Crippen molar-refractivity contribution < 1.29 is 13.0 Å². The van der Waals surface area contributed by atoms with Crippen LogP contribution >= 0.6 is 0 Å². The van der Waals surface area contributed by atoms with E-state index in [9.17, 15) is 0 Å². The summed E-state index contributed by atoms with van der Waals surface area (Å²) in [5.74, 6) is 4.35. The molecule has 0 rings (SSSR count). The normalized spacial score (nSPS) is 9.10. The zero-order valence-electron chi connectivity index (χ0n) is 4.90. The average molecular weight is 171 g/mol. The van der Waals surface area contributed by atoms with E-state index in [2.05, 4.69) is 16.7 Å². The van der Waals surface area contributed by atoms with Crippen molar-refractivity contribution >= 4 is 16.3 Å². The lowest BCUT2D eigenvalue weighted by molar-refractivity contribution is 0.485. The standard InChI is InChI=1S/CH6N4.H3NO3S/c2-1(3)5-4;1-5(2,3)4/h4H2,(H4,2,3,5);(H3,1,2,3,4). The number of rotatable bonds is 0. The Morgan fingerprint density at radius 1 is 1.60 bits per heavy atom. The summed E-state index contributed by atoms with van der Waals surface area (Å²) in [6.07, 6.45) is 0. The number of hydrazine groups is 1. The molecule has 0 aromatic carbocycles. The molecule has 0 aliphatic rings. The van der Waals surface area contributed by atoms with E-state index in [1.54, 1.807) is 0 Å². The van der Waals surface area contributed by atoms with Crippen LogP contribution in [0.5, 0.6) is 0 Å². The van der Waals surface area contributed by atoms with Crippen molar-refractivity contribution in [1.82, 2.24) is 5.43 Å². The van der Waals surface area contributed by atoms with Gasteiger partial charge in [-0.25, -0.2) is 11.0 Å². The van der Waals surface area contributed by atoms with E-state index in [0.717, 1.165) is 0 Å². The molecule has 9 N–H and O–H groups in total. The molecule has 0 heterocycles. The van der Waals surface area contributed by atoms with Crippen molar-refractivity contribution in [2.75, 3.05) is 0 Å². The third-order valence-electron chi connectivity index (χ3n) is 0.156. The Bertz CT molecular complexity index is 175. The highest BCUT2D eigenvalue weighted by molar-refractivity contribution is 7.83. The second-order valence-corrected chi connectivity index (χ2v) is 2.10. The van der Waals surface area contributed by atoms with Crippen molar-refractivity contribution in [3.63, 3.8) is 0 Å². The highest BCUT2D eigenvalue weighted by Crippen LogP contribution is 1.50. The van der Waals surface area contributed by atoms with Gasteiger partial charge in [0.15, 0.2) is 5.96 Å². The third kappa shape index (κ3) is 218.